The number of hydrogen-bond acceptors (Lipinski definition) is 3. The number of hydrogen-bond donors (Lipinski definition) is 1. The second-order valence-corrected chi connectivity index (χ2v) is 4.77. The zero-order valence-corrected chi connectivity index (χ0v) is 11.1. The van der Waals surface area contributed by atoms with Crippen molar-refractivity contribution in [2.75, 3.05) is 0 Å². The molecule has 0 aromatic rings. The van der Waals surface area contributed by atoms with E-state index in [4.69, 9.17) is 0 Å². The third-order valence-corrected chi connectivity index (χ3v) is 3.21. The first-order chi connectivity index (χ1) is 8.66. The predicted octanol–water partition coefficient (Wildman–Crippen LogP) is 2.37. The van der Waals surface area contributed by atoms with Gasteiger partial charge >= 0.3 is 0 Å². The van der Waals surface area contributed by atoms with E-state index in [-0.39, 0.29) is 0 Å². The number of unbranched alkanes of at least 4 members (excludes halogenated alkanes) is 6. The van der Waals surface area contributed by atoms with Crippen LogP contribution in [0.25, 0.3) is 0 Å². The number of rotatable bonds is 9. The lowest BCUT2D eigenvalue weighted by Gasteiger charge is -2.20. The van der Waals surface area contributed by atoms with E-state index < -0.39 is 18.0 Å². The van der Waals surface area contributed by atoms with Crippen LogP contribution in [0.5, 0.6) is 0 Å². The largest absolute Gasteiger partial charge is 0.373 e. The van der Waals surface area contributed by atoms with Gasteiger partial charge in [0, 0.05) is 12.2 Å². The van der Waals surface area contributed by atoms with Gasteiger partial charge in [-0.1, -0.05) is 45.4 Å². The Balaban J connectivity index is 2.09. The minimum absolute atomic E-state index is 0.407. The Kier molecular flexibility index (Phi) is 6.65. The van der Waals surface area contributed by atoms with Crippen LogP contribution in [0.4, 0.5) is 0 Å². The number of carbonyl (C=O) groups is 2. The van der Waals surface area contributed by atoms with Crippen molar-refractivity contribution in [3.63, 3.8) is 0 Å². The first-order valence-electron chi connectivity index (χ1n) is 6.90. The molecule has 1 N–H and O–H groups in total. The van der Waals surface area contributed by atoms with Crippen LogP contribution in [0.3, 0.4) is 0 Å². The smallest absolute Gasteiger partial charge is 0.255 e. The normalized spacial score (nSPS) is 16.7. The van der Waals surface area contributed by atoms with E-state index in [2.05, 4.69) is 6.92 Å². The van der Waals surface area contributed by atoms with Gasteiger partial charge in [-0.3, -0.25) is 9.59 Å². The van der Waals surface area contributed by atoms with Gasteiger partial charge in [-0.15, -0.1) is 0 Å². The molecule has 102 valence electrons. The third kappa shape index (κ3) is 4.61. The van der Waals surface area contributed by atoms with Crippen molar-refractivity contribution in [1.29, 1.82) is 0 Å². The van der Waals surface area contributed by atoms with Gasteiger partial charge in [0.2, 0.25) is 0 Å². The molecule has 1 aliphatic rings. The topological polar surface area (TPSA) is 57.6 Å². The van der Waals surface area contributed by atoms with Crippen molar-refractivity contribution in [2.24, 2.45) is 0 Å². The molecule has 0 fully saturated rings. The molecule has 0 saturated carbocycles. The van der Waals surface area contributed by atoms with Gasteiger partial charge in [-0.25, -0.2) is 4.90 Å². The van der Waals surface area contributed by atoms with Crippen LogP contribution < -0.4 is 0 Å². The molecule has 0 radical (unpaired) electrons. The summed E-state index contributed by atoms with van der Waals surface area (Å²) in [6.45, 7) is 2.19. The highest BCUT2D eigenvalue weighted by molar-refractivity contribution is 6.13. The standard InChI is InChI=1S/C14H23NO3/c1-2-3-4-5-6-7-8-9-12(16)15-13(17)10-11-14(15)18/h10-12,16H,2-9H2,1H3. The van der Waals surface area contributed by atoms with Gasteiger partial charge in [-0.2, -0.15) is 0 Å². The van der Waals surface area contributed by atoms with Gasteiger partial charge < -0.3 is 5.11 Å². The molecular weight excluding hydrogens is 230 g/mol. The second kappa shape index (κ2) is 8.03. The molecule has 0 bridgehead atoms. The predicted molar refractivity (Wildman–Crippen MR) is 69.6 cm³/mol. The van der Waals surface area contributed by atoms with Crippen LogP contribution in [0, 0.1) is 0 Å². The van der Waals surface area contributed by atoms with E-state index in [0.29, 0.717) is 6.42 Å². The van der Waals surface area contributed by atoms with E-state index in [1.165, 1.54) is 37.8 Å². The minimum atomic E-state index is -0.962. The van der Waals surface area contributed by atoms with Gasteiger partial charge in [0.1, 0.15) is 6.23 Å². The summed E-state index contributed by atoms with van der Waals surface area (Å²) in [6, 6.07) is 0. The fourth-order valence-corrected chi connectivity index (χ4v) is 2.12. The molecule has 2 amide bonds. The summed E-state index contributed by atoms with van der Waals surface area (Å²) in [7, 11) is 0. The summed E-state index contributed by atoms with van der Waals surface area (Å²) >= 11 is 0. The third-order valence-electron chi connectivity index (χ3n) is 3.21. The average Bonchev–Trinajstić information content (AvgIpc) is 2.68. The quantitative estimate of drug-likeness (QED) is 0.507. The Morgan fingerprint density at radius 1 is 1.00 bits per heavy atom. The first kappa shape index (κ1) is 14.9. The van der Waals surface area contributed by atoms with Crippen LogP contribution in [0.1, 0.15) is 58.3 Å². The van der Waals surface area contributed by atoms with Crippen LogP contribution in [0.2, 0.25) is 0 Å². The van der Waals surface area contributed by atoms with Gasteiger partial charge in [-0.05, 0) is 12.8 Å². The molecule has 0 aromatic carbocycles. The Morgan fingerprint density at radius 2 is 1.50 bits per heavy atom. The van der Waals surface area contributed by atoms with E-state index in [9.17, 15) is 14.7 Å². The molecule has 18 heavy (non-hydrogen) atoms. The van der Waals surface area contributed by atoms with E-state index in [1.807, 2.05) is 0 Å². The fraction of sp³-hybridized carbons (Fsp3) is 0.714. The molecule has 1 rings (SSSR count). The summed E-state index contributed by atoms with van der Waals surface area (Å²) in [5.74, 6) is -0.814. The van der Waals surface area contributed by atoms with Crippen molar-refractivity contribution in [3.05, 3.63) is 12.2 Å². The minimum Gasteiger partial charge on any atom is -0.373 e. The zero-order chi connectivity index (χ0) is 13.4. The number of aliphatic hydroxyl groups is 1. The van der Waals surface area contributed by atoms with Crippen LogP contribution in [-0.4, -0.2) is 28.0 Å². The Labute approximate surface area is 109 Å². The summed E-state index contributed by atoms with van der Waals surface area (Å²) in [5.41, 5.74) is 0. The van der Waals surface area contributed by atoms with Crippen LogP contribution in [0.15, 0.2) is 12.2 Å². The molecule has 0 saturated heterocycles. The van der Waals surface area contributed by atoms with E-state index >= 15 is 0 Å². The molecule has 1 heterocycles. The summed E-state index contributed by atoms with van der Waals surface area (Å²) < 4.78 is 0. The Hall–Kier alpha value is -1.16. The maximum atomic E-state index is 11.3. The van der Waals surface area contributed by atoms with Crippen LogP contribution in [-0.2, 0) is 9.59 Å². The lowest BCUT2D eigenvalue weighted by molar-refractivity contribution is -0.148. The number of aliphatic hydroxyl groups excluding tert-OH is 1. The summed E-state index contributed by atoms with van der Waals surface area (Å²) in [4.78, 5) is 23.5. The van der Waals surface area contributed by atoms with Gasteiger partial charge in [0.25, 0.3) is 11.8 Å². The molecule has 0 spiro atoms. The van der Waals surface area contributed by atoms with Crippen molar-refractivity contribution < 1.29 is 14.7 Å². The lowest BCUT2D eigenvalue weighted by Crippen LogP contribution is -2.39. The summed E-state index contributed by atoms with van der Waals surface area (Å²) in [5, 5.41) is 9.77. The maximum Gasteiger partial charge on any atom is 0.255 e. The highest BCUT2D eigenvalue weighted by atomic mass is 16.3. The molecule has 1 unspecified atom stereocenters. The molecular formula is C14H23NO3. The second-order valence-electron chi connectivity index (χ2n) is 4.77. The number of amides is 2. The van der Waals surface area contributed by atoms with Crippen molar-refractivity contribution in [1.82, 2.24) is 4.90 Å². The maximum absolute atomic E-state index is 11.3. The molecule has 4 heteroatoms. The van der Waals surface area contributed by atoms with Crippen molar-refractivity contribution in [2.45, 2.75) is 64.5 Å². The van der Waals surface area contributed by atoms with Gasteiger partial charge in [0.05, 0.1) is 0 Å². The highest BCUT2D eigenvalue weighted by Gasteiger charge is 2.29. The van der Waals surface area contributed by atoms with Gasteiger partial charge in [0.15, 0.2) is 0 Å². The molecule has 1 atom stereocenters. The Morgan fingerprint density at radius 3 is 2.06 bits per heavy atom. The SMILES string of the molecule is CCCCCCCCCC(O)N1C(=O)C=CC1=O. The molecule has 4 nitrogen and oxygen atoms in total. The lowest BCUT2D eigenvalue weighted by atomic mass is 10.1. The molecule has 0 aliphatic carbocycles. The van der Waals surface area contributed by atoms with Crippen LogP contribution >= 0.6 is 0 Å². The first-order valence-corrected chi connectivity index (χ1v) is 6.90. The average molecular weight is 253 g/mol. The number of carbonyl (C=O) groups excluding carboxylic acids is 2. The highest BCUT2D eigenvalue weighted by Crippen LogP contribution is 2.14. The van der Waals surface area contributed by atoms with Crippen molar-refractivity contribution >= 4 is 11.8 Å². The van der Waals surface area contributed by atoms with E-state index in [0.717, 1.165) is 24.2 Å². The monoisotopic (exact) mass is 253 g/mol. The zero-order valence-electron chi connectivity index (χ0n) is 11.1. The fourth-order valence-electron chi connectivity index (χ4n) is 2.12. The van der Waals surface area contributed by atoms with Crippen molar-refractivity contribution in [3.8, 4) is 0 Å². The number of nitrogens with zero attached hydrogens (tertiary/aromatic N) is 1. The number of imide groups is 1. The summed E-state index contributed by atoms with van der Waals surface area (Å²) in [6.07, 6.45) is 10.0. The van der Waals surface area contributed by atoms with E-state index in [1.54, 1.807) is 0 Å². The molecule has 0 aromatic heterocycles. The Bertz CT molecular complexity index is 294. The molecule has 1 aliphatic heterocycles.